The summed E-state index contributed by atoms with van der Waals surface area (Å²) in [7, 11) is 0. The van der Waals surface area contributed by atoms with Crippen LogP contribution >= 0.6 is 0 Å². The minimum absolute atomic E-state index is 0.0901. The molecule has 3 rings (SSSR count). The summed E-state index contributed by atoms with van der Waals surface area (Å²) < 4.78 is 0. The Labute approximate surface area is 161 Å². The number of carbonyl (C=O) groups is 1. The van der Waals surface area contributed by atoms with Gasteiger partial charge in [0.2, 0.25) is 0 Å². The van der Waals surface area contributed by atoms with E-state index in [1.165, 1.54) is 11.1 Å². The van der Waals surface area contributed by atoms with Crippen LogP contribution < -0.4 is 11.1 Å². The molecule has 0 saturated heterocycles. The molecule has 1 aliphatic rings. The maximum absolute atomic E-state index is 12.7. The average Bonchev–Trinajstić information content (AvgIpc) is 2.70. The fourth-order valence-electron chi connectivity index (χ4n) is 3.64. The predicted octanol–water partition coefficient (Wildman–Crippen LogP) is 3.11. The second kappa shape index (κ2) is 8.55. The molecule has 2 amide bonds. The van der Waals surface area contributed by atoms with E-state index in [-0.39, 0.29) is 24.7 Å². The first kappa shape index (κ1) is 19.4. The van der Waals surface area contributed by atoms with Crippen LogP contribution in [0.4, 0.5) is 4.79 Å². The molecule has 0 fully saturated rings. The number of nitrogens with two attached hydrogens (primary N) is 1. The van der Waals surface area contributed by atoms with Crippen molar-refractivity contribution in [2.45, 2.75) is 38.3 Å². The van der Waals surface area contributed by atoms with Crippen LogP contribution in [-0.2, 0) is 6.42 Å². The van der Waals surface area contributed by atoms with Crippen LogP contribution in [0, 0.1) is 0 Å². The average molecular weight is 367 g/mol. The van der Waals surface area contributed by atoms with Gasteiger partial charge in [-0.15, -0.1) is 0 Å². The Morgan fingerprint density at radius 2 is 1.85 bits per heavy atom. The summed E-state index contributed by atoms with van der Waals surface area (Å²) in [6.07, 6.45) is 0.794. The normalized spacial score (nSPS) is 17.5. The number of aliphatic hydroxyl groups is 1. The zero-order chi connectivity index (χ0) is 19.4. The van der Waals surface area contributed by atoms with Crippen molar-refractivity contribution in [2.24, 2.45) is 5.73 Å². The molecule has 0 saturated carbocycles. The summed E-state index contributed by atoms with van der Waals surface area (Å²) in [5.74, 6) is 0.479. The van der Waals surface area contributed by atoms with Gasteiger partial charge >= 0.3 is 6.03 Å². The number of urea groups is 1. The molecule has 2 unspecified atom stereocenters. The Balaban J connectivity index is 1.62. The molecular formula is C22H29N3O2. The fourth-order valence-corrected chi connectivity index (χ4v) is 3.64. The number of benzene rings is 2. The van der Waals surface area contributed by atoms with Crippen molar-refractivity contribution in [3.63, 3.8) is 0 Å². The first-order chi connectivity index (χ1) is 13.0. The Bertz CT molecular complexity index is 773. The summed E-state index contributed by atoms with van der Waals surface area (Å²) in [6.45, 7) is 5.17. The van der Waals surface area contributed by atoms with E-state index in [4.69, 9.17) is 5.73 Å². The fraction of sp³-hybridized carbons (Fsp3) is 0.409. The minimum Gasteiger partial charge on any atom is -0.394 e. The molecule has 0 aliphatic carbocycles. The van der Waals surface area contributed by atoms with E-state index in [0.717, 1.165) is 17.5 Å². The second-order valence-electron chi connectivity index (χ2n) is 7.45. The van der Waals surface area contributed by atoms with E-state index in [9.17, 15) is 9.90 Å². The SMILES string of the molecule is CC(C)c1ccc(C(N)CNC(=O)N2CCc3ccccc3C2CO)cc1. The third kappa shape index (κ3) is 4.31. The smallest absolute Gasteiger partial charge is 0.318 e. The topological polar surface area (TPSA) is 78.6 Å². The van der Waals surface area contributed by atoms with Gasteiger partial charge in [0.15, 0.2) is 0 Å². The largest absolute Gasteiger partial charge is 0.394 e. The van der Waals surface area contributed by atoms with Crippen LogP contribution in [0.25, 0.3) is 0 Å². The van der Waals surface area contributed by atoms with E-state index >= 15 is 0 Å². The van der Waals surface area contributed by atoms with Crippen molar-refractivity contribution < 1.29 is 9.90 Å². The molecule has 0 radical (unpaired) electrons. The summed E-state index contributed by atoms with van der Waals surface area (Å²) >= 11 is 0. The highest BCUT2D eigenvalue weighted by Crippen LogP contribution is 2.29. The van der Waals surface area contributed by atoms with Crippen molar-refractivity contribution in [2.75, 3.05) is 19.7 Å². The number of fused-ring (bicyclic) bond motifs is 1. The number of aliphatic hydroxyl groups excluding tert-OH is 1. The highest BCUT2D eigenvalue weighted by Gasteiger charge is 2.30. The Morgan fingerprint density at radius 3 is 2.52 bits per heavy atom. The van der Waals surface area contributed by atoms with Gasteiger partial charge in [0, 0.05) is 19.1 Å². The van der Waals surface area contributed by atoms with Crippen molar-refractivity contribution in [1.29, 1.82) is 0 Å². The maximum atomic E-state index is 12.7. The standard InChI is InChI=1S/C22H29N3O2/c1-15(2)16-7-9-18(10-8-16)20(23)13-24-22(27)25-12-11-17-5-3-4-6-19(17)21(25)14-26/h3-10,15,20-21,26H,11-14,23H2,1-2H3,(H,24,27). The van der Waals surface area contributed by atoms with E-state index in [1.807, 2.05) is 30.3 Å². The lowest BCUT2D eigenvalue weighted by molar-refractivity contribution is 0.126. The van der Waals surface area contributed by atoms with Crippen LogP contribution in [0.5, 0.6) is 0 Å². The Kier molecular flexibility index (Phi) is 6.14. The number of nitrogens with zero attached hydrogens (tertiary/aromatic N) is 1. The number of hydrogen-bond acceptors (Lipinski definition) is 3. The molecule has 1 heterocycles. The van der Waals surface area contributed by atoms with Crippen molar-refractivity contribution in [3.05, 3.63) is 70.8 Å². The lowest BCUT2D eigenvalue weighted by Crippen LogP contribution is -2.48. The molecule has 2 aromatic carbocycles. The first-order valence-corrected chi connectivity index (χ1v) is 9.59. The minimum atomic E-state index is -0.309. The molecular weight excluding hydrogens is 338 g/mol. The molecule has 144 valence electrons. The number of rotatable bonds is 5. The first-order valence-electron chi connectivity index (χ1n) is 9.59. The summed E-state index contributed by atoms with van der Waals surface area (Å²) in [6, 6.07) is 15.5. The lowest BCUT2D eigenvalue weighted by Gasteiger charge is -2.36. The van der Waals surface area contributed by atoms with Gasteiger partial charge in [-0.3, -0.25) is 0 Å². The third-order valence-electron chi connectivity index (χ3n) is 5.35. The third-order valence-corrected chi connectivity index (χ3v) is 5.35. The predicted molar refractivity (Wildman–Crippen MR) is 108 cm³/mol. The molecule has 0 aromatic heterocycles. The molecule has 2 atom stereocenters. The van der Waals surface area contributed by atoms with Gasteiger partial charge in [-0.05, 0) is 34.6 Å². The summed E-state index contributed by atoms with van der Waals surface area (Å²) in [5.41, 5.74) is 10.8. The van der Waals surface area contributed by atoms with E-state index < -0.39 is 0 Å². The van der Waals surface area contributed by atoms with Crippen LogP contribution in [0.3, 0.4) is 0 Å². The highest BCUT2D eigenvalue weighted by molar-refractivity contribution is 5.75. The monoisotopic (exact) mass is 367 g/mol. The molecule has 0 bridgehead atoms. The van der Waals surface area contributed by atoms with Crippen molar-refractivity contribution >= 4 is 6.03 Å². The number of carbonyl (C=O) groups excluding carboxylic acids is 1. The van der Waals surface area contributed by atoms with Gasteiger partial charge in [-0.25, -0.2) is 4.79 Å². The summed E-state index contributed by atoms with van der Waals surface area (Å²) in [4.78, 5) is 14.4. The zero-order valence-electron chi connectivity index (χ0n) is 16.1. The molecule has 2 aromatic rings. The van der Waals surface area contributed by atoms with E-state index in [2.05, 4.69) is 37.4 Å². The molecule has 4 N–H and O–H groups in total. The van der Waals surface area contributed by atoms with Crippen molar-refractivity contribution in [1.82, 2.24) is 10.2 Å². The molecule has 27 heavy (non-hydrogen) atoms. The van der Waals surface area contributed by atoms with Crippen molar-refractivity contribution in [3.8, 4) is 0 Å². The van der Waals surface area contributed by atoms with E-state index in [1.54, 1.807) is 4.90 Å². The highest BCUT2D eigenvalue weighted by atomic mass is 16.3. The molecule has 1 aliphatic heterocycles. The van der Waals surface area contributed by atoms with Gasteiger partial charge in [0.25, 0.3) is 0 Å². The maximum Gasteiger partial charge on any atom is 0.318 e. The second-order valence-corrected chi connectivity index (χ2v) is 7.45. The Hall–Kier alpha value is -2.37. The Morgan fingerprint density at radius 1 is 1.19 bits per heavy atom. The van der Waals surface area contributed by atoms with Gasteiger partial charge in [-0.2, -0.15) is 0 Å². The molecule has 5 nitrogen and oxygen atoms in total. The number of amides is 2. The molecule has 5 heteroatoms. The zero-order valence-corrected chi connectivity index (χ0v) is 16.1. The number of nitrogens with one attached hydrogen (secondary N) is 1. The van der Waals surface area contributed by atoms with Gasteiger partial charge < -0.3 is 21.1 Å². The molecule has 0 spiro atoms. The van der Waals surface area contributed by atoms with E-state index in [0.29, 0.717) is 19.0 Å². The van der Waals surface area contributed by atoms with Crippen LogP contribution in [0.15, 0.2) is 48.5 Å². The van der Waals surface area contributed by atoms with Gasteiger partial charge in [0.1, 0.15) is 0 Å². The van der Waals surface area contributed by atoms with Crippen LogP contribution in [-0.4, -0.2) is 35.7 Å². The van der Waals surface area contributed by atoms with Crippen LogP contribution in [0.2, 0.25) is 0 Å². The number of hydrogen-bond donors (Lipinski definition) is 3. The van der Waals surface area contributed by atoms with Gasteiger partial charge in [0.05, 0.1) is 12.6 Å². The summed E-state index contributed by atoms with van der Waals surface area (Å²) in [5, 5.41) is 12.8. The van der Waals surface area contributed by atoms with Crippen LogP contribution in [0.1, 0.15) is 54.1 Å². The lowest BCUT2D eigenvalue weighted by atomic mass is 9.93. The van der Waals surface area contributed by atoms with Gasteiger partial charge in [-0.1, -0.05) is 62.4 Å². The quantitative estimate of drug-likeness (QED) is 0.760.